The Kier molecular flexibility index (Phi) is 3.69. The van der Waals surface area contributed by atoms with Crippen molar-refractivity contribution in [1.29, 1.82) is 0 Å². The first kappa shape index (κ1) is 13.1. The smallest absolute Gasteiger partial charge is 0.317 e. The first-order valence-corrected chi connectivity index (χ1v) is 6.42. The third-order valence-corrected chi connectivity index (χ3v) is 4.23. The molecule has 2 bridgehead atoms. The Balaban J connectivity index is 1.99. The molecule has 2 rings (SSSR count). The molecule has 0 saturated carbocycles. The minimum absolute atomic E-state index is 0.351. The molecule has 0 aliphatic carbocycles. The average molecular weight is 250 g/mol. The van der Waals surface area contributed by atoms with E-state index in [0.717, 1.165) is 25.7 Å². The van der Waals surface area contributed by atoms with Gasteiger partial charge in [0.25, 0.3) is 0 Å². The van der Waals surface area contributed by atoms with Crippen molar-refractivity contribution >= 4 is 0 Å². The SMILES string of the molecule is CNC1CC2CCC(C1)N2C(C)CC(F)(F)F. The second kappa shape index (κ2) is 4.76. The highest BCUT2D eigenvalue weighted by Crippen LogP contribution is 2.39. The average Bonchev–Trinajstić information content (AvgIpc) is 2.47. The molecule has 0 radical (unpaired) electrons. The minimum atomic E-state index is -4.04. The predicted octanol–water partition coefficient (Wildman–Crippen LogP) is 2.54. The molecule has 2 heterocycles. The molecule has 0 spiro atoms. The van der Waals surface area contributed by atoms with E-state index in [9.17, 15) is 13.2 Å². The molecule has 2 fully saturated rings. The van der Waals surface area contributed by atoms with Crippen LogP contribution in [0.25, 0.3) is 0 Å². The third kappa shape index (κ3) is 2.94. The molecule has 100 valence electrons. The molecule has 3 unspecified atom stereocenters. The first-order valence-electron chi connectivity index (χ1n) is 6.42. The van der Waals surface area contributed by atoms with E-state index in [1.54, 1.807) is 6.92 Å². The summed E-state index contributed by atoms with van der Waals surface area (Å²) in [6.45, 7) is 1.72. The second-order valence-corrected chi connectivity index (χ2v) is 5.46. The van der Waals surface area contributed by atoms with Gasteiger partial charge < -0.3 is 5.32 Å². The van der Waals surface area contributed by atoms with Gasteiger partial charge in [-0.3, -0.25) is 4.90 Å². The van der Waals surface area contributed by atoms with Gasteiger partial charge >= 0.3 is 6.18 Å². The molecule has 2 saturated heterocycles. The van der Waals surface area contributed by atoms with E-state index in [1.807, 2.05) is 7.05 Å². The summed E-state index contributed by atoms with van der Waals surface area (Å²) in [6, 6.07) is 0.819. The summed E-state index contributed by atoms with van der Waals surface area (Å²) in [7, 11) is 1.94. The Morgan fingerprint density at radius 1 is 1.24 bits per heavy atom. The Labute approximate surface area is 101 Å². The molecular formula is C12H21F3N2. The van der Waals surface area contributed by atoms with Gasteiger partial charge in [0.05, 0.1) is 6.42 Å². The predicted molar refractivity (Wildman–Crippen MR) is 60.9 cm³/mol. The zero-order chi connectivity index (χ0) is 12.6. The summed E-state index contributed by atoms with van der Waals surface area (Å²) in [5.41, 5.74) is 0. The van der Waals surface area contributed by atoms with Crippen molar-refractivity contribution < 1.29 is 13.2 Å². The highest BCUT2D eigenvalue weighted by atomic mass is 19.4. The molecule has 17 heavy (non-hydrogen) atoms. The lowest BCUT2D eigenvalue weighted by Gasteiger charge is -2.42. The molecule has 1 N–H and O–H groups in total. The molecule has 2 aliphatic heterocycles. The number of piperidine rings is 1. The topological polar surface area (TPSA) is 15.3 Å². The van der Waals surface area contributed by atoms with Crippen LogP contribution >= 0.6 is 0 Å². The zero-order valence-electron chi connectivity index (χ0n) is 10.4. The molecular weight excluding hydrogens is 229 g/mol. The number of halogens is 3. The summed E-state index contributed by atoms with van der Waals surface area (Å²) in [5.74, 6) is 0. The highest BCUT2D eigenvalue weighted by Gasteiger charge is 2.44. The Morgan fingerprint density at radius 2 is 1.76 bits per heavy atom. The lowest BCUT2D eigenvalue weighted by Crippen LogP contribution is -2.52. The molecule has 3 atom stereocenters. The quantitative estimate of drug-likeness (QED) is 0.828. The fourth-order valence-electron chi connectivity index (χ4n) is 3.61. The summed E-state index contributed by atoms with van der Waals surface area (Å²) in [4.78, 5) is 2.13. The summed E-state index contributed by atoms with van der Waals surface area (Å²) < 4.78 is 37.3. The van der Waals surface area contributed by atoms with Gasteiger partial charge in [-0.2, -0.15) is 13.2 Å². The number of alkyl halides is 3. The molecule has 0 amide bonds. The number of rotatable bonds is 3. The Bertz CT molecular complexity index is 253. The van der Waals surface area contributed by atoms with E-state index in [1.165, 1.54) is 0 Å². The van der Waals surface area contributed by atoms with Crippen molar-refractivity contribution in [2.45, 2.75) is 69.4 Å². The second-order valence-electron chi connectivity index (χ2n) is 5.46. The van der Waals surface area contributed by atoms with Gasteiger partial charge in [0.15, 0.2) is 0 Å². The van der Waals surface area contributed by atoms with E-state index in [0.29, 0.717) is 18.1 Å². The first-order chi connectivity index (χ1) is 7.90. The van der Waals surface area contributed by atoms with Crippen molar-refractivity contribution in [2.24, 2.45) is 0 Å². The maximum Gasteiger partial charge on any atom is 0.390 e. The maximum atomic E-state index is 12.4. The number of hydrogen-bond acceptors (Lipinski definition) is 2. The Hall–Kier alpha value is -0.290. The monoisotopic (exact) mass is 250 g/mol. The van der Waals surface area contributed by atoms with Gasteiger partial charge in [-0.15, -0.1) is 0 Å². The standard InChI is InChI=1S/C12H21F3N2/c1-8(7-12(13,14)15)17-10-3-4-11(17)6-9(5-10)16-2/h8-11,16H,3-7H2,1-2H3. The fourth-order valence-corrected chi connectivity index (χ4v) is 3.61. The van der Waals surface area contributed by atoms with Crippen molar-refractivity contribution in [1.82, 2.24) is 10.2 Å². The van der Waals surface area contributed by atoms with E-state index < -0.39 is 12.6 Å². The normalized spacial score (nSPS) is 36.2. The highest BCUT2D eigenvalue weighted by molar-refractivity contribution is 4.99. The number of fused-ring (bicyclic) bond motifs is 2. The number of nitrogens with one attached hydrogen (secondary N) is 1. The van der Waals surface area contributed by atoms with Crippen molar-refractivity contribution in [3.05, 3.63) is 0 Å². The molecule has 0 aromatic heterocycles. The van der Waals surface area contributed by atoms with Crippen LogP contribution in [0.3, 0.4) is 0 Å². The van der Waals surface area contributed by atoms with E-state index in [4.69, 9.17) is 0 Å². The van der Waals surface area contributed by atoms with E-state index >= 15 is 0 Å². The molecule has 2 nitrogen and oxygen atoms in total. The van der Waals surface area contributed by atoms with Crippen LogP contribution in [0.4, 0.5) is 13.2 Å². The van der Waals surface area contributed by atoms with Crippen LogP contribution in [0.5, 0.6) is 0 Å². The van der Waals surface area contributed by atoms with Gasteiger partial charge in [-0.05, 0) is 39.7 Å². The maximum absolute atomic E-state index is 12.4. The van der Waals surface area contributed by atoms with Gasteiger partial charge in [-0.25, -0.2) is 0 Å². The van der Waals surface area contributed by atoms with Crippen LogP contribution in [0.2, 0.25) is 0 Å². The Morgan fingerprint density at radius 3 is 2.18 bits per heavy atom. The molecule has 5 heteroatoms. The third-order valence-electron chi connectivity index (χ3n) is 4.23. The van der Waals surface area contributed by atoms with Crippen molar-refractivity contribution in [3.8, 4) is 0 Å². The summed E-state index contributed by atoms with van der Waals surface area (Å²) >= 11 is 0. The van der Waals surface area contributed by atoms with Crippen LogP contribution in [0.1, 0.15) is 39.0 Å². The summed E-state index contributed by atoms with van der Waals surface area (Å²) in [5, 5.41) is 3.26. The zero-order valence-corrected chi connectivity index (χ0v) is 10.4. The lowest BCUT2D eigenvalue weighted by atomic mass is 9.95. The van der Waals surface area contributed by atoms with Crippen molar-refractivity contribution in [2.75, 3.05) is 7.05 Å². The van der Waals surface area contributed by atoms with Crippen LogP contribution in [-0.4, -0.2) is 42.3 Å². The lowest BCUT2D eigenvalue weighted by molar-refractivity contribution is -0.149. The van der Waals surface area contributed by atoms with E-state index in [-0.39, 0.29) is 6.04 Å². The molecule has 2 aliphatic rings. The number of nitrogens with zero attached hydrogens (tertiary/aromatic N) is 1. The van der Waals surface area contributed by atoms with Crippen LogP contribution in [0.15, 0.2) is 0 Å². The molecule has 0 aromatic rings. The fraction of sp³-hybridized carbons (Fsp3) is 1.00. The largest absolute Gasteiger partial charge is 0.390 e. The summed E-state index contributed by atoms with van der Waals surface area (Å²) in [6.07, 6.45) is -0.608. The molecule has 0 aromatic carbocycles. The van der Waals surface area contributed by atoms with Crippen LogP contribution < -0.4 is 5.32 Å². The van der Waals surface area contributed by atoms with Crippen LogP contribution in [0, 0.1) is 0 Å². The number of hydrogen-bond donors (Lipinski definition) is 1. The van der Waals surface area contributed by atoms with E-state index in [2.05, 4.69) is 10.2 Å². The van der Waals surface area contributed by atoms with Crippen LogP contribution in [-0.2, 0) is 0 Å². The van der Waals surface area contributed by atoms with Crippen molar-refractivity contribution in [3.63, 3.8) is 0 Å². The van der Waals surface area contributed by atoms with Gasteiger partial charge in [0.1, 0.15) is 0 Å². The van der Waals surface area contributed by atoms with Gasteiger partial charge in [-0.1, -0.05) is 0 Å². The van der Waals surface area contributed by atoms with Gasteiger partial charge in [0, 0.05) is 24.2 Å². The van der Waals surface area contributed by atoms with Gasteiger partial charge in [0.2, 0.25) is 0 Å². The minimum Gasteiger partial charge on any atom is -0.317 e.